The van der Waals surface area contributed by atoms with Crippen LogP contribution < -0.4 is 15.6 Å². The number of rotatable bonds is 13. The first kappa shape index (κ1) is 30.6. The van der Waals surface area contributed by atoms with Crippen molar-refractivity contribution in [3.05, 3.63) is 82.0 Å². The van der Waals surface area contributed by atoms with Crippen LogP contribution in [0.5, 0.6) is 5.75 Å². The number of hydrogen-bond acceptors (Lipinski definition) is 6. The van der Waals surface area contributed by atoms with Crippen molar-refractivity contribution in [1.29, 1.82) is 0 Å². The van der Waals surface area contributed by atoms with Crippen LogP contribution in [0.4, 0.5) is 0 Å². The second-order valence-electron chi connectivity index (χ2n) is 10.8. The number of amides is 1. The molecule has 0 bridgehead atoms. The standard InChI is InChI=1S/C31H40N4O5/c1-20(2)14-26(35-19-22(10-11-28(35)36)12-13-34(4)5)31(39)33-25(16-29(37)38)23-15-24(18-32-17-23)30-21(3)8-7-9-27(30)40-6/h7-11,15,17-20,25-26H,12-14,16H2,1-6H3,(H,33,39)(H,37,38)/t25-,26-/m0/s1. The topological polar surface area (TPSA) is 114 Å². The molecule has 0 aliphatic carbocycles. The van der Waals surface area contributed by atoms with Gasteiger partial charge in [0.05, 0.1) is 19.6 Å². The third-order valence-electron chi connectivity index (χ3n) is 6.78. The Balaban J connectivity index is 1.99. The fraction of sp³-hybridized carbons (Fsp3) is 0.419. The maximum Gasteiger partial charge on any atom is 0.305 e. The molecule has 0 fully saturated rings. The third-order valence-corrected chi connectivity index (χ3v) is 6.78. The number of methoxy groups -OCH3 is 1. The van der Waals surface area contributed by atoms with Gasteiger partial charge in [0.2, 0.25) is 5.91 Å². The number of likely N-dealkylation sites (N-methyl/N-ethyl adjacent to an activating group) is 1. The molecule has 40 heavy (non-hydrogen) atoms. The molecule has 2 atom stereocenters. The zero-order valence-corrected chi connectivity index (χ0v) is 24.2. The van der Waals surface area contributed by atoms with Crippen LogP contribution in [-0.4, -0.2) is 59.2 Å². The minimum Gasteiger partial charge on any atom is -0.496 e. The van der Waals surface area contributed by atoms with E-state index in [1.165, 1.54) is 10.6 Å². The van der Waals surface area contributed by atoms with Crippen LogP contribution in [0, 0.1) is 12.8 Å². The average Bonchev–Trinajstić information content (AvgIpc) is 2.90. The van der Waals surface area contributed by atoms with E-state index in [0.29, 0.717) is 17.7 Å². The van der Waals surface area contributed by atoms with Crippen LogP contribution in [0.1, 0.15) is 55.5 Å². The van der Waals surface area contributed by atoms with Gasteiger partial charge in [0.15, 0.2) is 0 Å². The van der Waals surface area contributed by atoms with E-state index in [-0.39, 0.29) is 17.9 Å². The summed E-state index contributed by atoms with van der Waals surface area (Å²) in [6.45, 7) is 6.73. The van der Waals surface area contributed by atoms with E-state index in [1.54, 1.807) is 31.8 Å². The van der Waals surface area contributed by atoms with E-state index >= 15 is 0 Å². The van der Waals surface area contributed by atoms with Crippen molar-refractivity contribution in [3.63, 3.8) is 0 Å². The Hall–Kier alpha value is -3.98. The highest BCUT2D eigenvalue weighted by Gasteiger charge is 2.27. The van der Waals surface area contributed by atoms with E-state index in [0.717, 1.165) is 35.2 Å². The van der Waals surface area contributed by atoms with Gasteiger partial charge in [-0.15, -0.1) is 0 Å². The molecular weight excluding hydrogens is 508 g/mol. The molecule has 1 aromatic carbocycles. The molecule has 2 aromatic heterocycles. The SMILES string of the molecule is COc1cccc(C)c1-c1cncc([C@H](CC(=O)O)NC(=O)[C@H](CC(C)C)n2cc(CCN(C)C)ccc2=O)c1. The Morgan fingerprint density at radius 3 is 2.55 bits per heavy atom. The summed E-state index contributed by atoms with van der Waals surface area (Å²) < 4.78 is 7.03. The second kappa shape index (κ2) is 13.9. The van der Waals surface area contributed by atoms with Crippen LogP contribution in [0.25, 0.3) is 11.1 Å². The molecule has 9 nitrogen and oxygen atoms in total. The van der Waals surface area contributed by atoms with Gasteiger partial charge in [-0.2, -0.15) is 0 Å². The summed E-state index contributed by atoms with van der Waals surface area (Å²) in [6, 6.07) is 9.17. The first-order chi connectivity index (χ1) is 19.0. The van der Waals surface area contributed by atoms with E-state index < -0.39 is 24.0 Å². The van der Waals surface area contributed by atoms with Crippen LogP contribution in [0.15, 0.2) is 59.8 Å². The number of hydrogen-bond donors (Lipinski definition) is 2. The van der Waals surface area contributed by atoms with Gasteiger partial charge in [-0.1, -0.05) is 32.0 Å². The number of carboxylic acids is 1. The average molecular weight is 549 g/mol. The molecule has 214 valence electrons. The lowest BCUT2D eigenvalue weighted by molar-refractivity contribution is -0.138. The number of carboxylic acid groups (broad SMARTS) is 1. The molecule has 3 aromatic rings. The fourth-order valence-corrected chi connectivity index (χ4v) is 4.75. The minimum atomic E-state index is -1.06. The molecule has 0 aliphatic rings. The van der Waals surface area contributed by atoms with Gasteiger partial charge in [-0.05, 0) is 68.6 Å². The highest BCUT2D eigenvalue weighted by molar-refractivity contribution is 5.82. The first-order valence-electron chi connectivity index (χ1n) is 13.5. The van der Waals surface area contributed by atoms with Crippen LogP contribution in [-0.2, 0) is 16.0 Å². The number of carbonyl (C=O) groups is 2. The minimum absolute atomic E-state index is 0.115. The number of benzene rings is 1. The summed E-state index contributed by atoms with van der Waals surface area (Å²) in [7, 11) is 5.55. The van der Waals surface area contributed by atoms with Gasteiger partial charge in [0, 0.05) is 42.3 Å². The lowest BCUT2D eigenvalue weighted by Crippen LogP contribution is -2.40. The predicted molar refractivity (Wildman–Crippen MR) is 156 cm³/mol. The summed E-state index contributed by atoms with van der Waals surface area (Å²) in [5.41, 5.74) is 3.79. The van der Waals surface area contributed by atoms with Gasteiger partial charge in [-0.25, -0.2) is 0 Å². The lowest BCUT2D eigenvalue weighted by atomic mass is 9.96. The Kier molecular flexibility index (Phi) is 10.6. The predicted octanol–water partition coefficient (Wildman–Crippen LogP) is 4.25. The van der Waals surface area contributed by atoms with Crippen molar-refractivity contribution in [1.82, 2.24) is 19.8 Å². The molecule has 0 unspecified atom stereocenters. The van der Waals surface area contributed by atoms with Crippen LogP contribution >= 0.6 is 0 Å². The lowest BCUT2D eigenvalue weighted by Gasteiger charge is -2.25. The monoisotopic (exact) mass is 548 g/mol. The molecule has 0 saturated heterocycles. The summed E-state index contributed by atoms with van der Waals surface area (Å²) >= 11 is 0. The normalized spacial score (nSPS) is 12.8. The van der Waals surface area contributed by atoms with Gasteiger partial charge in [0.25, 0.3) is 5.56 Å². The van der Waals surface area contributed by atoms with Crippen molar-refractivity contribution < 1.29 is 19.4 Å². The maximum atomic E-state index is 13.8. The number of nitrogens with one attached hydrogen (secondary N) is 1. The third kappa shape index (κ3) is 8.02. The van der Waals surface area contributed by atoms with Gasteiger partial charge < -0.3 is 24.6 Å². The summed E-state index contributed by atoms with van der Waals surface area (Å²) in [6.07, 6.45) is 5.81. The number of nitrogens with zero attached hydrogens (tertiary/aromatic N) is 3. The van der Waals surface area contributed by atoms with E-state index in [2.05, 4.69) is 15.2 Å². The molecule has 0 saturated carbocycles. The Morgan fingerprint density at radius 1 is 1.15 bits per heavy atom. The molecule has 2 N–H and O–H groups in total. The number of aliphatic carboxylic acids is 1. The van der Waals surface area contributed by atoms with Crippen molar-refractivity contribution in [3.8, 4) is 16.9 Å². The smallest absolute Gasteiger partial charge is 0.305 e. The number of pyridine rings is 2. The molecule has 3 rings (SSSR count). The summed E-state index contributed by atoms with van der Waals surface area (Å²) in [4.78, 5) is 45.0. The largest absolute Gasteiger partial charge is 0.496 e. The van der Waals surface area contributed by atoms with Crippen molar-refractivity contribution in [2.75, 3.05) is 27.7 Å². The Morgan fingerprint density at radius 2 is 1.90 bits per heavy atom. The molecule has 0 radical (unpaired) electrons. The Bertz CT molecular complexity index is 1380. The van der Waals surface area contributed by atoms with E-state index in [4.69, 9.17) is 4.74 Å². The summed E-state index contributed by atoms with van der Waals surface area (Å²) in [5, 5.41) is 12.6. The maximum absolute atomic E-state index is 13.8. The summed E-state index contributed by atoms with van der Waals surface area (Å²) in [5.74, 6) is -0.689. The highest BCUT2D eigenvalue weighted by atomic mass is 16.5. The number of aromatic nitrogens is 2. The van der Waals surface area contributed by atoms with Crippen LogP contribution in [0.3, 0.4) is 0 Å². The Labute approximate surface area is 235 Å². The quantitative estimate of drug-likeness (QED) is 0.328. The van der Waals surface area contributed by atoms with Crippen molar-refractivity contribution in [2.45, 2.75) is 52.1 Å². The van der Waals surface area contributed by atoms with Gasteiger partial charge >= 0.3 is 5.97 Å². The zero-order chi connectivity index (χ0) is 29.4. The molecule has 2 heterocycles. The van der Waals surface area contributed by atoms with Gasteiger partial charge in [0.1, 0.15) is 11.8 Å². The van der Waals surface area contributed by atoms with Crippen LogP contribution in [0.2, 0.25) is 0 Å². The number of aryl methyl sites for hydroxylation is 1. The van der Waals surface area contributed by atoms with Crippen molar-refractivity contribution in [2.24, 2.45) is 5.92 Å². The van der Waals surface area contributed by atoms with Crippen molar-refractivity contribution >= 4 is 11.9 Å². The first-order valence-corrected chi connectivity index (χ1v) is 13.5. The number of ether oxygens (including phenoxy) is 1. The molecular formula is C31H40N4O5. The fourth-order valence-electron chi connectivity index (χ4n) is 4.75. The highest BCUT2D eigenvalue weighted by Crippen LogP contribution is 2.34. The zero-order valence-electron chi connectivity index (χ0n) is 24.2. The second-order valence-corrected chi connectivity index (χ2v) is 10.8. The van der Waals surface area contributed by atoms with Gasteiger partial charge in [-0.3, -0.25) is 19.4 Å². The molecule has 1 amide bonds. The molecule has 9 heteroatoms. The number of carbonyl (C=O) groups excluding carboxylic acids is 1. The van der Waals surface area contributed by atoms with E-state index in [9.17, 15) is 19.5 Å². The van der Waals surface area contributed by atoms with E-state index in [1.807, 2.05) is 59.1 Å². The molecule has 0 spiro atoms. The molecule has 0 aliphatic heterocycles.